The molecule has 174 valence electrons. The summed E-state index contributed by atoms with van der Waals surface area (Å²) in [6.07, 6.45) is 2.08. The van der Waals surface area contributed by atoms with E-state index in [0.717, 1.165) is 63.5 Å². The van der Waals surface area contributed by atoms with Gasteiger partial charge < -0.3 is 15.0 Å². The van der Waals surface area contributed by atoms with E-state index in [9.17, 15) is 4.79 Å². The van der Waals surface area contributed by atoms with Gasteiger partial charge in [-0.2, -0.15) is 0 Å². The van der Waals surface area contributed by atoms with Crippen LogP contribution < -0.4 is 10.1 Å². The second-order valence-corrected chi connectivity index (χ2v) is 10.5. The Hall–Kier alpha value is -1.89. The molecule has 1 N–H and O–H groups in total. The molecule has 32 heavy (non-hydrogen) atoms. The number of rotatable bonds is 10. The van der Waals surface area contributed by atoms with Crippen LogP contribution in [-0.2, 0) is 4.79 Å². The molecule has 1 aromatic carbocycles. The number of nitrogens with one attached hydrogen (secondary N) is 1. The average molecular weight is 456 g/mol. The molecule has 1 aliphatic carbocycles. The van der Waals surface area contributed by atoms with Gasteiger partial charge in [0.05, 0.1) is 12.6 Å². The van der Waals surface area contributed by atoms with Gasteiger partial charge in [0, 0.05) is 49.4 Å². The van der Waals surface area contributed by atoms with Crippen molar-refractivity contribution in [1.82, 2.24) is 15.1 Å². The molecule has 6 heteroatoms. The Labute approximate surface area is 196 Å². The highest BCUT2D eigenvalue weighted by Crippen LogP contribution is 2.49. The van der Waals surface area contributed by atoms with Crippen LogP contribution in [0.4, 0.5) is 0 Å². The van der Waals surface area contributed by atoms with Crippen LogP contribution in [0.2, 0.25) is 0 Å². The number of hydrogen-bond acceptors (Lipinski definition) is 5. The van der Waals surface area contributed by atoms with E-state index < -0.39 is 0 Å². The fourth-order valence-electron chi connectivity index (χ4n) is 4.26. The summed E-state index contributed by atoms with van der Waals surface area (Å²) in [6, 6.07) is 12.6. The van der Waals surface area contributed by atoms with Gasteiger partial charge in [0.1, 0.15) is 5.75 Å². The zero-order chi connectivity index (χ0) is 22.5. The van der Waals surface area contributed by atoms with E-state index in [-0.39, 0.29) is 17.9 Å². The van der Waals surface area contributed by atoms with Crippen LogP contribution in [0.5, 0.6) is 5.75 Å². The number of amides is 1. The number of likely N-dealkylation sites (N-methyl/N-ethyl adjacent to an activating group) is 1. The highest BCUT2D eigenvalue weighted by Gasteiger charge is 2.45. The summed E-state index contributed by atoms with van der Waals surface area (Å²) in [5.41, 5.74) is 1.15. The third-order valence-electron chi connectivity index (χ3n) is 6.90. The second kappa shape index (κ2) is 10.8. The van der Waals surface area contributed by atoms with Crippen molar-refractivity contribution in [2.75, 3.05) is 46.4 Å². The maximum Gasteiger partial charge on any atom is 0.224 e. The lowest BCUT2D eigenvalue weighted by atomic mass is 10.0. The molecular formula is C26H37N3O2S. The van der Waals surface area contributed by atoms with E-state index in [1.807, 2.05) is 12.1 Å². The van der Waals surface area contributed by atoms with Crippen molar-refractivity contribution in [2.24, 2.45) is 11.8 Å². The van der Waals surface area contributed by atoms with Crippen LogP contribution in [0.15, 0.2) is 41.8 Å². The van der Waals surface area contributed by atoms with Gasteiger partial charge in [-0.3, -0.25) is 9.69 Å². The van der Waals surface area contributed by atoms with Gasteiger partial charge in [0.15, 0.2) is 0 Å². The maximum atomic E-state index is 13.1. The highest BCUT2D eigenvalue weighted by atomic mass is 32.1. The summed E-state index contributed by atoms with van der Waals surface area (Å²) >= 11 is 1.76. The quantitative estimate of drug-likeness (QED) is 0.577. The summed E-state index contributed by atoms with van der Waals surface area (Å²) in [6.45, 7) is 10.2. The monoisotopic (exact) mass is 455 g/mol. The smallest absolute Gasteiger partial charge is 0.224 e. The Morgan fingerprint density at radius 2 is 1.94 bits per heavy atom. The molecule has 2 aliphatic rings. The second-order valence-electron chi connectivity index (χ2n) is 9.52. The van der Waals surface area contributed by atoms with Crippen molar-refractivity contribution in [2.45, 2.75) is 38.6 Å². The van der Waals surface area contributed by atoms with Crippen LogP contribution in [0.1, 0.15) is 49.1 Å². The molecule has 4 rings (SSSR count). The first-order valence-electron chi connectivity index (χ1n) is 12.0. The van der Waals surface area contributed by atoms with E-state index in [4.69, 9.17) is 4.74 Å². The molecule has 1 aliphatic heterocycles. The minimum atomic E-state index is -0.000827. The molecule has 2 fully saturated rings. The molecule has 2 aromatic rings. The Morgan fingerprint density at radius 1 is 1.19 bits per heavy atom. The summed E-state index contributed by atoms with van der Waals surface area (Å²) < 4.78 is 5.94. The summed E-state index contributed by atoms with van der Waals surface area (Å²) in [4.78, 5) is 19.3. The zero-order valence-electron chi connectivity index (χ0n) is 19.6. The largest absolute Gasteiger partial charge is 0.493 e. The third-order valence-corrected chi connectivity index (χ3v) is 7.91. The number of piperazine rings is 1. The summed E-state index contributed by atoms with van der Waals surface area (Å²) in [5, 5.41) is 5.49. The van der Waals surface area contributed by atoms with Crippen LogP contribution in [0.3, 0.4) is 0 Å². The average Bonchev–Trinajstić information content (AvgIpc) is 3.43. The third kappa shape index (κ3) is 6.12. The molecule has 0 bridgehead atoms. The number of carbonyl (C=O) groups excluding carboxylic acids is 1. The Morgan fingerprint density at radius 3 is 2.59 bits per heavy atom. The van der Waals surface area contributed by atoms with Gasteiger partial charge >= 0.3 is 0 Å². The number of benzene rings is 1. The summed E-state index contributed by atoms with van der Waals surface area (Å²) in [7, 11) is 2.17. The standard InChI is InChI=1S/C26H37N3O2S/c1-4-19(2)18-31-21-9-7-20(8-10-21)24(17-29-13-11-28(3)12-14-29)27-26(30)23-16-22(23)25-6-5-15-32-25/h5-10,15,19,22-24H,4,11-14,16-18H2,1-3H3,(H,27,30)/t19-,22+,23+,24-/m0/s1. The first-order chi connectivity index (χ1) is 15.5. The minimum absolute atomic E-state index is 0.000827. The van der Waals surface area contributed by atoms with Gasteiger partial charge in [-0.25, -0.2) is 0 Å². The molecule has 0 radical (unpaired) electrons. The van der Waals surface area contributed by atoms with Crippen molar-refractivity contribution < 1.29 is 9.53 Å². The van der Waals surface area contributed by atoms with Crippen LogP contribution in [-0.4, -0.2) is 62.1 Å². The molecule has 0 spiro atoms. The minimum Gasteiger partial charge on any atom is -0.493 e. The van der Waals surface area contributed by atoms with E-state index in [1.165, 1.54) is 4.88 Å². The van der Waals surface area contributed by atoms with Gasteiger partial charge in [0.2, 0.25) is 5.91 Å². The zero-order valence-corrected chi connectivity index (χ0v) is 20.4. The van der Waals surface area contributed by atoms with Crippen LogP contribution in [0.25, 0.3) is 0 Å². The van der Waals surface area contributed by atoms with Crippen molar-refractivity contribution in [3.8, 4) is 5.75 Å². The Kier molecular flexibility index (Phi) is 7.87. The fourth-order valence-corrected chi connectivity index (χ4v) is 5.16. The maximum absolute atomic E-state index is 13.1. The van der Waals surface area contributed by atoms with Crippen LogP contribution >= 0.6 is 11.3 Å². The Bertz CT molecular complexity index is 846. The summed E-state index contributed by atoms with van der Waals surface area (Å²) in [5.74, 6) is 2.16. The lowest BCUT2D eigenvalue weighted by molar-refractivity contribution is -0.123. The van der Waals surface area contributed by atoms with Gasteiger partial charge in [-0.15, -0.1) is 11.3 Å². The van der Waals surface area contributed by atoms with Gasteiger partial charge in [-0.05, 0) is 48.5 Å². The van der Waals surface area contributed by atoms with Crippen LogP contribution in [0, 0.1) is 11.8 Å². The number of thiophene rings is 1. The molecule has 1 saturated carbocycles. The normalized spacial score (nSPS) is 23.5. The fraction of sp³-hybridized carbons (Fsp3) is 0.577. The lowest BCUT2D eigenvalue weighted by Crippen LogP contribution is -2.48. The molecule has 1 saturated heterocycles. The van der Waals surface area contributed by atoms with E-state index in [2.05, 4.69) is 65.7 Å². The van der Waals surface area contributed by atoms with E-state index >= 15 is 0 Å². The number of ether oxygens (including phenoxy) is 1. The molecule has 1 aromatic heterocycles. The van der Waals surface area contributed by atoms with Crippen molar-refractivity contribution in [1.29, 1.82) is 0 Å². The molecule has 0 unspecified atom stereocenters. The Balaban J connectivity index is 1.41. The topological polar surface area (TPSA) is 44.8 Å². The SMILES string of the molecule is CC[C@H](C)COc1ccc([C@H](CN2CCN(C)CC2)NC(=O)[C@@H]2C[C@H]2c2cccs2)cc1. The number of carbonyl (C=O) groups is 1. The molecule has 5 nitrogen and oxygen atoms in total. The van der Waals surface area contributed by atoms with Gasteiger partial charge in [-0.1, -0.05) is 38.5 Å². The van der Waals surface area contributed by atoms with Gasteiger partial charge in [0.25, 0.3) is 0 Å². The van der Waals surface area contributed by atoms with E-state index in [0.29, 0.717) is 11.8 Å². The van der Waals surface area contributed by atoms with E-state index in [1.54, 1.807) is 11.3 Å². The van der Waals surface area contributed by atoms with Crippen molar-refractivity contribution in [3.63, 3.8) is 0 Å². The van der Waals surface area contributed by atoms with Crippen molar-refractivity contribution in [3.05, 3.63) is 52.2 Å². The highest BCUT2D eigenvalue weighted by molar-refractivity contribution is 7.10. The molecule has 2 heterocycles. The first kappa shape index (κ1) is 23.3. The number of hydrogen-bond donors (Lipinski definition) is 1. The number of nitrogens with zero attached hydrogens (tertiary/aromatic N) is 2. The predicted molar refractivity (Wildman–Crippen MR) is 131 cm³/mol. The molecule has 1 amide bonds. The molecule has 4 atom stereocenters. The first-order valence-corrected chi connectivity index (χ1v) is 12.9. The predicted octanol–water partition coefficient (Wildman–Crippen LogP) is 4.38. The molecular weight excluding hydrogens is 418 g/mol. The van der Waals surface area contributed by atoms with Crippen molar-refractivity contribution >= 4 is 17.2 Å². The lowest BCUT2D eigenvalue weighted by Gasteiger charge is -2.35.